The van der Waals surface area contributed by atoms with Crippen LogP contribution in [-0.2, 0) is 20.9 Å². The number of halogens is 1. The number of fused-ring (bicyclic) bond motifs is 9. The second-order valence-corrected chi connectivity index (χ2v) is 15.1. The molecule has 0 N–H and O–H groups in total. The smallest absolute Gasteiger partial charge is 0.308 e. The van der Waals surface area contributed by atoms with Gasteiger partial charge in [-0.15, -0.1) is 11.8 Å². The van der Waals surface area contributed by atoms with Gasteiger partial charge < -0.3 is 14.4 Å². The lowest BCUT2D eigenvalue weighted by Crippen LogP contribution is -2.43. The van der Waals surface area contributed by atoms with Crippen LogP contribution in [0.3, 0.4) is 0 Å². The zero-order valence-corrected chi connectivity index (χ0v) is 27.2. The molecule has 0 spiro atoms. The number of aromatic nitrogens is 1. The Labute approximate surface area is 273 Å². The van der Waals surface area contributed by atoms with Gasteiger partial charge in [-0.3, -0.25) is 28.6 Å². The first-order chi connectivity index (χ1) is 22.3. The minimum atomic E-state index is -0.479. The SMILES string of the molecule is COc1ccc(C2c3sc(=O)n(CC(=O)N4CCCCC4)c3SC3C4CC(C5C(=O)N(c6ccc(F)cc6)C(=O)C45)C23)cc1OC. The number of benzene rings is 2. The third-order valence-electron chi connectivity index (χ3n) is 10.8. The van der Waals surface area contributed by atoms with Crippen molar-refractivity contribution in [2.75, 3.05) is 32.2 Å². The molecule has 4 fully saturated rings. The van der Waals surface area contributed by atoms with E-state index in [0.717, 1.165) is 41.1 Å². The summed E-state index contributed by atoms with van der Waals surface area (Å²) in [6.07, 6.45) is 3.78. The van der Waals surface area contributed by atoms with Gasteiger partial charge in [0.15, 0.2) is 11.5 Å². The van der Waals surface area contributed by atoms with E-state index in [2.05, 4.69) is 0 Å². The van der Waals surface area contributed by atoms with Gasteiger partial charge in [0.2, 0.25) is 17.7 Å². The van der Waals surface area contributed by atoms with Crippen molar-refractivity contribution < 1.29 is 28.2 Å². The standard InChI is InChI=1S/C34H34FN3O6S2/c1-43-22-11-6-17(14-23(22)44-2)25-26-20-15-21(28-27(20)31(40)38(32(28)41)19-9-7-18(35)8-10-19)29(26)45-33-30(25)46-34(42)37(33)16-24(39)36-12-4-3-5-13-36/h6-11,14,20-21,25-29H,3-5,12-13,15-16H2,1-2H3. The molecule has 0 radical (unpaired) electrons. The zero-order chi connectivity index (χ0) is 31.9. The minimum absolute atomic E-state index is 0.0103. The summed E-state index contributed by atoms with van der Waals surface area (Å²) in [7, 11) is 3.17. The second-order valence-electron chi connectivity index (χ2n) is 12.9. The number of carbonyl (C=O) groups is 3. The average molecular weight is 664 g/mol. The van der Waals surface area contributed by atoms with Crippen molar-refractivity contribution in [3.8, 4) is 11.5 Å². The van der Waals surface area contributed by atoms with Crippen LogP contribution in [0.25, 0.3) is 0 Å². The Morgan fingerprint density at radius 1 is 0.913 bits per heavy atom. The molecule has 240 valence electrons. The Kier molecular flexibility index (Phi) is 7.28. The van der Waals surface area contributed by atoms with E-state index in [4.69, 9.17) is 9.47 Å². The predicted molar refractivity (Wildman–Crippen MR) is 171 cm³/mol. The number of carbonyl (C=O) groups excluding carboxylic acids is 3. The zero-order valence-electron chi connectivity index (χ0n) is 25.5. The summed E-state index contributed by atoms with van der Waals surface area (Å²) in [6, 6.07) is 11.3. The fourth-order valence-corrected chi connectivity index (χ4v) is 12.0. The third kappa shape index (κ3) is 4.39. The predicted octanol–water partition coefficient (Wildman–Crippen LogP) is 4.76. The first-order valence-corrected chi connectivity index (χ1v) is 17.5. The van der Waals surface area contributed by atoms with E-state index in [0.29, 0.717) is 30.3 Å². The van der Waals surface area contributed by atoms with Gasteiger partial charge in [-0.05, 0) is 85.4 Å². The van der Waals surface area contributed by atoms with E-state index >= 15 is 0 Å². The topological polar surface area (TPSA) is 98.1 Å². The molecule has 7 unspecified atom stereocenters. The van der Waals surface area contributed by atoms with Gasteiger partial charge in [0.25, 0.3) is 0 Å². The second kappa shape index (κ2) is 11.3. The van der Waals surface area contributed by atoms with E-state index < -0.39 is 17.7 Å². The molecule has 3 amide bonds. The molecule has 46 heavy (non-hydrogen) atoms. The quantitative estimate of drug-likeness (QED) is 0.351. The van der Waals surface area contributed by atoms with Gasteiger partial charge in [-0.1, -0.05) is 17.4 Å². The minimum Gasteiger partial charge on any atom is -0.493 e. The molecule has 2 saturated carbocycles. The monoisotopic (exact) mass is 663 g/mol. The summed E-state index contributed by atoms with van der Waals surface area (Å²) >= 11 is 2.79. The molecule has 2 bridgehead atoms. The Morgan fingerprint density at radius 3 is 2.30 bits per heavy atom. The van der Waals surface area contributed by atoms with Crippen molar-refractivity contribution >= 4 is 46.5 Å². The Balaban J connectivity index is 1.21. The van der Waals surface area contributed by atoms with Gasteiger partial charge in [0.1, 0.15) is 12.4 Å². The third-order valence-corrected chi connectivity index (χ3v) is 13.6. The highest BCUT2D eigenvalue weighted by atomic mass is 32.2. The molecule has 4 heterocycles. The van der Waals surface area contributed by atoms with Crippen molar-refractivity contribution in [1.29, 1.82) is 0 Å². The Morgan fingerprint density at radius 2 is 1.61 bits per heavy atom. The van der Waals surface area contributed by atoms with Crippen LogP contribution < -0.4 is 19.2 Å². The maximum atomic E-state index is 14.0. The van der Waals surface area contributed by atoms with Crippen molar-refractivity contribution in [1.82, 2.24) is 9.47 Å². The number of hydrogen-bond donors (Lipinski definition) is 0. The van der Waals surface area contributed by atoms with Gasteiger partial charge in [0, 0.05) is 29.1 Å². The molecule has 12 heteroatoms. The van der Waals surface area contributed by atoms with Crippen LogP contribution >= 0.6 is 23.1 Å². The number of amides is 3. The lowest BCUT2D eigenvalue weighted by atomic mass is 9.68. The highest BCUT2D eigenvalue weighted by Gasteiger charge is 2.70. The molecule has 3 aliphatic heterocycles. The number of rotatable bonds is 6. The van der Waals surface area contributed by atoms with E-state index in [1.165, 1.54) is 40.5 Å². The molecular weight excluding hydrogens is 630 g/mol. The number of thiazole rings is 1. The summed E-state index contributed by atoms with van der Waals surface area (Å²) in [5.74, 6) is -1.15. The average Bonchev–Trinajstić information content (AvgIpc) is 3.80. The molecule has 5 aliphatic rings. The highest BCUT2D eigenvalue weighted by Crippen LogP contribution is 2.69. The van der Waals surface area contributed by atoms with Crippen LogP contribution in [0, 0.1) is 35.4 Å². The summed E-state index contributed by atoms with van der Waals surface area (Å²) in [6.45, 7) is 1.41. The van der Waals surface area contributed by atoms with Crippen molar-refractivity contribution in [3.05, 3.63) is 68.4 Å². The number of ether oxygens (including phenoxy) is 2. The number of thioether (sulfide) groups is 1. The van der Waals surface area contributed by atoms with Crippen LogP contribution in [-0.4, -0.2) is 59.7 Å². The first kappa shape index (κ1) is 29.7. The van der Waals surface area contributed by atoms with E-state index in [9.17, 15) is 23.6 Å². The largest absolute Gasteiger partial charge is 0.493 e. The summed E-state index contributed by atoms with van der Waals surface area (Å²) in [5.41, 5.74) is 1.34. The number of piperidine rings is 1. The van der Waals surface area contributed by atoms with E-state index in [1.54, 1.807) is 30.5 Å². The van der Waals surface area contributed by atoms with E-state index in [1.807, 2.05) is 23.1 Å². The number of likely N-dealkylation sites (tertiary alicyclic amines) is 1. The molecular formula is C34H34FN3O6S2. The van der Waals surface area contributed by atoms with Crippen LogP contribution in [0.5, 0.6) is 11.5 Å². The van der Waals surface area contributed by atoms with Crippen LogP contribution in [0.15, 0.2) is 52.3 Å². The van der Waals surface area contributed by atoms with Gasteiger partial charge in [-0.25, -0.2) is 4.39 Å². The van der Waals surface area contributed by atoms with Crippen molar-refractivity contribution in [2.45, 2.75) is 48.4 Å². The molecule has 7 atom stereocenters. The Hall–Kier alpha value is -3.64. The number of anilines is 1. The normalized spacial score (nSPS) is 29.5. The van der Waals surface area contributed by atoms with Gasteiger partial charge in [-0.2, -0.15) is 0 Å². The molecule has 8 rings (SSSR count). The van der Waals surface area contributed by atoms with Crippen molar-refractivity contribution in [3.63, 3.8) is 0 Å². The molecule has 3 aromatic rings. The number of methoxy groups -OCH3 is 2. The first-order valence-electron chi connectivity index (χ1n) is 15.8. The summed E-state index contributed by atoms with van der Waals surface area (Å²) < 4.78 is 26.6. The molecule has 2 aromatic carbocycles. The molecule has 1 aromatic heterocycles. The van der Waals surface area contributed by atoms with Crippen LogP contribution in [0.4, 0.5) is 10.1 Å². The van der Waals surface area contributed by atoms with Gasteiger partial charge >= 0.3 is 4.87 Å². The lowest BCUT2D eigenvalue weighted by Gasteiger charge is -2.43. The molecule has 2 saturated heterocycles. The summed E-state index contributed by atoms with van der Waals surface area (Å²) in [4.78, 5) is 58.9. The highest BCUT2D eigenvalue weighted by molar-refractivity contribution is 8.00. The van der Waals surface area contributed by atoms with Crippen LogP contribution in [0.2, 0.25) is 0 Å². The lowest BCUT2D eigenvalue weighted by molar-refractivity contribution is -0.133. The number of nitrogens with zero attached hydrogens (tertiary/aromatic N) is 3. The van der Waals surface area contributed by atoms with Gasteiger partial charge in [0.05, 0.1) is 36.8 Å². The van der Waals surface area contributed by atoms with Crippen molar-refractivity contribution in [2.24, 2.45) is 29.6 Å². The number of hydrogen-bond acceptors (Lipinski definition) is 8. The fraction of sp³-hybridized carbons (Fsp3) is 0.471. The maximum Gasteiger partial charge on any atom is 0.308 e. The molecule has 2 aliphatic carbocycles. The van der Waals surface area contributed by atoms with E-state index in [-0.39, 0.29) is 58.1 Å². The Bertz CT molecular complexity index is 1800. The maximum absolute atomic E-state index is 14.0. The number of imide groups is 1. The summed E-state index contributed by atoms with van der Waals surface area (Å²) in [5, 5.41) is 0.754. The van der Waals surface area contributed by atoms with Crippen LogP contribution in [0.1, 0.15) is 42.0 Å². The molecule has 9 nitrogen and oxygen atoms in total. The fourth-order valence-electron chi connectivity index (χ4n) is 8.90.